The summed E-state index contributed by atoms with van der Waals surface area (Å²) < 4.78 is 5.67. The summed E-state index contributed by atoms with van der Waals surface area (Å²) in [5.41, 5.74) is 3.71. The van der Waals surface area contributed by atoms with Gasteiger partial charge in [0.25, 0.3) is 0 Å². The number of hydrogen-bond donors (Lipinski definition) is 0. The Labute approximate surface area is 229 Å². The molecule has 0 aromatic carbocycles. The number of ether oxygens (including phenoxy) is 1. The summed E-state index contributed by atoms with van der Waals surface area (Å²) in [6.45, 7) is 16.4. The molecule has 1 nitrogen and oxygen atoms in total. The van der Waals surface area contributed by atoms with E-state index in [1.54, 1.807) is 5.57 Å². The standard InChI is InChI=1S/C31H49O.Y/c1-20-18-21-19-25-23-8-7-11-28(2,3)24(23)10-12-29(25,4)30(5)14-15-31(16-17-32-6)13-9-22(20)27(31)26(21)30;/h11,21-27H,1,7-10,12-19H2,2-6H3;/q-1;. The van der Waals surface area contributed by atoms with E-state index in [2.05, 4.69) is 34.1 Å². The number of fused-ring (bicyclic) bond motifs is 4. The van der Waals surface area contributed by atoms with E-state index in [9.17, 15) is 0 Å². The van der Waals surface area contributed by atoms with Gasteiger partial charge in [-0.3, -0.25) is 0 Å². The minimum atomic E-state index is 0. The van der Waals surface area contributed by atoms with Gasteiger partial charge in [-0.05, 0) is 103 Å². The average molecular weight is 527 g/mol. The Kier molecular flexibility index (Phi) is 6.49. The molecule has 0 aromatic rings. The molecule has 0 spiro atoms. The zero-order valence-electron chi connectivity index (χ0n) is 22.3. The normalized spacial score (nSPS) is 54.0. The van der Waals surface area contributed by atoms with Crippen LogP contribution in [0.25, 0.3) is 0 Å². The second-order valence-corrected chi connectivity index (χ2v) is 14.5. The summed E-state index contributed by atoms with van der Waals surface area (Å²) in [4.78, 5) is 0. The molecule has 0 heterocycles. The largest absolute Gasteiger partial charge is 0.385 e. The van der Waals surface area contributed by atoms with Crippen molar-refractivity contribution in [3.8, 4) is 0 Å². The minimum Gasteiger partial charge on any atom is -0.385 e. The molecule has 0 aliphatic heterocycles. The van der Waals surface area contributed by atoms with Crippen molar-refractivity contribution in [2.24, 2.45) is 63.1 Å². The van der Waals surface area contributed by atoms with Gasteiger partial charge < -0.3 is 11.2 Å². The van der Waals surface area contributed by atoms with Crippen molar-refractivity contribution in [3.63, 3.8) is 0 Å². The molecule has 6 aliphatic rings. The van der Waals surface area contributed by atoms with Crippen LogP contribution in [0.4, 0.5) is 0 Å². The van der Waals surface area contributed by atoms with Crippen LogP contribution in [0.15, 0.2) is 12.2 Å². The maximum Gasteiger partial charge on any atom is 0.0467 e. The van der Waals surface area contributed by atoms with Gasteiger partial charge in [-0.15, -0.1) is 0 Å². The van der Waals surface area contributed by atoms with Gasteiger partial charge in [0.05, 0.1) is 0 Å². The summed E-state index contributed by atoms with van der Waals surface area (Å²) in [7, 11) is 1.91. The van der Waals surface area contributed by atoms with Crippen LogP contribution in [0.2, 0.25) is 0 Å². The summed E-state index contributed by atoms with van der Waals surface area (Å²) in [5, 5.41) is 0. The van der Waals surface area contributed by atoms with Gasteiger partial charge in [0, 0.05) is 46.4 Å². The number of methoxy groups -OCH3 is 1. The smallest absolute Gasteiger partial charge is 0.0467 e. The van der Waals surface area contributed by atoms with Crippen molar-refractivity contribution in [1.29, 1.82) is 0 Å². The van der Waals surface area contributed by atoms with Gasteiger partial charge >= 0.3 is 0 Å². The topological polar surface area (TPSA) is 9.23 Å². The summed E-state index contributed by atoms with van der Waals surface area (Å²) in [6, 6.07) is 0. The SMILES string of the molecule is C=C1CC2CC3C4CC[CH-]C(C)(C)C4CCC3(C)C3(C)CCC4(CCOC)CCC1C4C23.[Y]. The summed E-state index contributed by atoms with van der Waals surface area (Å²) >= 11 is 0. The monoisotopic (exact) mass is 526 g/mol. The first-order chi connectivity index (χ1) is 15.2. The average Bonchev–Trinajstić information content (AvgIpc) is 3.13. The van der Waals surface area contributed by atoms with Crippen molar-refractivity contribution in [3.05, 3.63) is 18.6 Å². The van der Waals surface area contributed by atoms with E-state index in [1.807, 2.05) is 7.11 Å². The van der Waals surface area contributed by atoms with Crippen LogP contribution >= 0.6 is 0 Å². The molecule has 33 heavy (non-hydrogen) atoms. The molecular formula is C31H49OY-. The number of hydrogen-bond acceptors (Lipinski definition) is 1. The van der Waals surface area contributed by atoms with Crippen molar-refractivity contribution < 1.29 is 37.4 Å². The molecular weight excluding hydrogens is 477 g/mol. The van der Waals surface area contributed by atoms with Crippen molar-refractivity contribution in [2.45, 2.75) is 98.3 Å². The summed E-state index contributed by atoms with van der Waals surface area (Å²) in [5.74, 6) is 6.37. The van der Waals surface area contributed by atoms with Gasteiger partial charge in [0.15, 0.2) is 0 Å². The van der Waals surface area contributed by atoms with Gasteiger partial charge in [-0.1, -0.05) is 58.6 Å². The maximum atomic E-state index is 5.67. The van der Waals surface area contributed by atoms with Gasteiger partial charge in [-0.2, -0.15) is 11.8 Å². The van der Waals surface area contributed by atoms with Crippen LogP contribution in [0, 0.1) is 69.5 Å². The van der Waals surface area contributed by atoms with Crippen LogP contribution in [0.3, 0.4) is 0 Å². The van der Waals surface area contributed by atoms with Crippen molar-refractivity contribution in [2.75, 3.05) is 13.7 Å². The van der Waals surface area contributed by atoms with Crippen molar-refractivity contribution in [1.82, 2.24) is 0 Å². The number of rotatable bonds is 3. The van der Waals surface area contributed by atoms with Crippen LogP contribution in [-0.2, 0) is 37.4 Å². The fourth-order valence-corrected chi connectivity index (χ4v) is 11.9. The Balaban J connectivity index is 0.00000228. The van der Waals surface area contributed by atoms with Gasteiger partial charge in [-0.25, -0.2) is 0 Å². The third-order valence-electron chi connectivity index (χ3n) is 13.5. The zero-order chi connectivity index (χ0) is 22.5. The Hall–Kier alpha value is 0.804. The fourth-order valence-electron chi connectivity index (χ4n) is 11.9. The second-order valence-electron chi connectivity index (χ2n) is 14.5. The minimum absolute atomic E-state index is 0. The van der Waals surface area contributed by atoms with Gasteiger partial charge in [0.1, 0.15) is 0 Å². The Morgan fingerprint density at radius 2 is 1.73 bits per heavy atom. The van der Waals surface area contributed by atoms with E-state index in [0.717, 1.165) is 48.0 Å². The van der Waals surface area contributed by atoms with E-state index in [-0.39, 0.29) is 32.7 Å². The van der Waals surface area contributed by atoms with E-state index in [1.165, 1.54) is 70.6 Å². The molecule has 6 fully saturated rings. The molecule has 2 heteroatoms. The Morgan fingerprint density at radius 3 is 2.48 bits per heavy atom. The third-order valence-corrected chi connectivity index (χ3v) is 13.5. The molecule has 0 amide bonds. The summed E-state index contributed by atoms with van der Waals surface area (Å²) in [6.07, 6.45) is 18.4. The van der Waals surface area contributed by atoms with E-state index in [0.29, 0.717) is 21.7 Å². The van der Waals surface area contributed by atoms with E-state index < -0.39 is 0 Å². The molecule has 10 atom stereocenters. The maximum absolute atomic E-state index is 5.67. The van der Waals surface area contributed by atoms with Crippen LogP contribution in [0.1, 0.15) is 98.3 Å². The molecule has 6 saturated carbocycles. The number of allylic oxidation sites excluding steroid dienone is 1. The molecule has 6 rings (SSSR count). The predicted octanol–water partition coefficient (Wildman–Crippen LogP) is 8.10. The van der Waals surface area contributed by atoms with Crippen molar-refractivity contribution >= 4 is 0 Å². The molecule has 0 bridgehead atoms. The molecule has 0 aromatic heterocycles. The molecule has 10 unspecified atom stereocenters. The Morgan fingerprint density at radius 1 is 0.939 bits per heavy atom. The zero-order valence-corrected chi connectivity index (χ0v) is 25.1. The second kappa shape index (κ2) is 8.41. The fraction of sp³-hybridized carbons (Fsp3) is 0.903. The molecule has 1 radical (unpaired) electrons. The first-order valence-electron chi connectivity index (χ1n) is 14.2. The quantitative estimate of drug-likeness (QED) is 0.267. The predicted molar refractivity (Wildman–Crippen MR) is 133 cm³/mol. The van der Waals surface area contributed by atoms with Crippen LogP contribution in [0.5, 0.6) is 0 Å². The molecule has 6 aliphatic carbocycles. The van der Waals surface area contributed by atoms with E-state index >= 15 is 0 Å². The first-order valence-corrected chi connectivity index (χ1v) is 14.2. The first kappa shape index (κ1) is 25.5. The third kappa shape index (κ3) is 3.32. The molecule has 0 saturated heterocycles. The molecule has 183 valence electrons. The van der Waals surface area contributed by atoms with Crippen LogP contribution < -0.4 is 0 Å². The van der Waals surface area contributed by atoms with E-state index in [4.69, 9.17) is 11.3 Å². The molecule has 0 N–H and O–H groups in total. The van der Waals surface area contributed by atoms with Crippen LogP contribution in [-0.4, -0.2) is 13.7 Å². The van der Waals surface area contributed by atoms with Gasteiger partial charge in [0.2, 0.25) is 0 Å². The Bertz CT molecular complexity index is 788.